The van der Waals surface area contributed by atoms with Crippen LogP contribution in [0.4, 0.5) is 0 Å². The lowest BCUT2D eigenvalue weighted by molar-refractivity contribution is 1.25. The zero-order chi connectivity index (χ0) is 9.10. The molecule has 2 rings (SSSR count). The quantitative estimate of drug-likeness (QED) is 0.754. The van der Waals surface area contributed by atoms with Gasteiger partial charge >= 0.3 is 0 Å². The van der Waals surface area contributed by atoms with E-state index in [4.69, 9.17) is 0 Å². The number of thiophene rings is 1. The first kappa shape index (κ1) is 9.18. The molecule has 0 saturated carbocycles. The molecule has 0 saturated heterocycles. The smallest absolute Gasteiger partial charge is 0.130 e. The molecule has 5 heteroatoms. The van der Waals surface area contributed by atoms with Crippen molar-refractivity contribution in [2.75, 3.05) is 0 Å². The van der Waals surface area contributed by atoms with Gasteiger partial charge in [-0.1, -0.05) is 11.8 Å². The summed E-state index contributed by atoms with van der Waals surface area (Å²) in [7, 11) is 0. The highest BCUT2D eigenvalue weighted by Crippen LogP contribution is 2.25. The molecule has 2 nitrogen and oxygen atoms in total. The van der Waals surface area contributed by atoms with E-state index in [2.05, 4.69) is 27.1 Å². The monoisotopic (exact) mass is 228 g/mol. The Morgan fingerprint density at radius 3 is 3.08 bits per heavy atom. The van der Waals surface area contributed by atoms with Gasteiger partial charge in [0.2, 0.25) is 0 Å². The van der Waals surface area contributed by atoms with Crippen LogP contribution >= 0.6 is 34.8 Å². The Morgan fingerprint density at radius 2 is 2.46 bits per heavy atom. The molecule has 2 aromatic heterocycles. The van der Waals surface area contributed by atoms with Gasteiger partial charge in [-0.25, -0.2) is 0 Å². The maximum Gasteiger partial charge on any atom is 0.130 e. The number of nitrogens with zero attached hydrogens (tertiary/aromatic N) is 2. The van der Waals surface area contributed by atoms with Crippen LogP contribution in [0.5, 0.6) is 0 Å². The number of hydrogen-bond donors (Lipinski definition) is 0. The standard InChI is InChI=1S/C8H8N2S3/c1-6-2-3-11-7(6)5-12-8-4-9-13-10-8/h2-4H,5H2,1H3. The Kier molecular flexibility index (Phi) is 2.97. The topological polar surface area (TPSA) is 25.8 Å². The fraction of sp³-hybridized carbons (Fsp3) is 0.250. The van der Waals surface area contributed by atoms with Crippen LogP contribution in [0.3, 0.4) is 0 Å². The van der Waals surface area contributed by atoms with E-state index in [0.29, 0.717) is 0 Å². The van der Waals surface area contributed by atoms with Crippen LogP contribution in [0.1, 0.15) is 10.4 Å². The molecule has 0 aliphatic carbocycles. The third kappa shape index (κ3) is 2.30. The van der Waals surface area contributed by atoms with E-state index in [9.17, 15) is 0 Å². The normalized spacial score (nSPS) is 10.5. The SMILES string of the molecule is Cc1ccsc1CSc1cnsn1. The summed E-state index contributed by atoms with van der Waals surface area (Å²) in [5.41, 5.74) is 1.38. The fourth-order valence-electron chi connectivity index (χ4n) is 0.911. The molecule has 0 amide bonds. The minimum Gasteiger partial charge on any atom is -0.180 e. The number of hydrogen-bond acceptors (Lipinski definition) is 5. The first-order chi connectivity index (χ1) is 6.36. The average molecular weight is 228 g/mol. The molecule has 0 N–H and O–H groups in total. The number of rotatable bonds is 3. The average Bonchev–Trinajstić information content (AvgIpc) is 2.72. The van der Waals surface area contributed by atoms with E-state index in [0.717, 1.165) is 10.8 Å². The predicted octanol–water partition coefficient (Wildman–Crippen LogP) is 3.20. The summed E-state index contributed by atoms with van der Waals surface area (Å²) in [4.78, 5) is 1.43. The van der Waals surface area contributed by atoms with Crippen LogP contribution < -0.4 is 0 Å². The van der Waals surface area contributed by atoms with E-state index in [1.54, 1.807) is 23.1 Å². The molecule has 2 aromatic rings. The van der Waals surface area contributed by atoms with E-state index in [1.165, 1.54) is 22.2 Å². The van der Waals surface area contributed by atoms with Gasteiger partial charge in [0.1, 0.15) is 5.03 Å². The molecule has 0 atom stereocenters. The van der Waals surface area contributed by atoms with E-state index >= 15 is 0 Å². The Hall–Kier alpha value is -0.390. The van der Waals surface area contributed by atoms with Crippen molar-refractivity contribution in [3.8, 4) is 0 Å². The largest absolute Gasteiger partial charge is 0.180 e. The lowest BCUT2D eigenvalue weighted by atomic mass is 10.3. The lowest BCUT2D eigenvalue weighted by Crippen LogP contribution is -1.77. The van der Waals surface area contributed by atoms with Crippen LogP contribution in [0.25, 0.3) is 0 Å². The molecular formula is C8H8N2S3. The van der Waals surface area contributed by atoms with Crippen LogP contribution in [0, 0.1) is 6.92 Å². The summed E-state index contributed by atoms with van der Waals surface area (Å²) in [5.74, 6) is 1.01. The van der Waals surface area contributed by atoms with Gasteiger partial charge in [-0.15, -0.1) is 11.3 Å². The van der Waals surface area contributed by atoms with Gasteiger partial charge in [-0.05, 0) is 23.9 Å². The van der Waals surface area contributed by atoms with Crippen molar-refractivity contribution in [1.29, 1.82) is 0 Å². The molecule has 0 spiro atoms. The molecule has 0 fully saturated rings. The van der Waals surface area contributed by atoms with Crippen molar-refractivity contribution in [1.82, 2.24) is 8.75 Å². The second-order valence-electron chi connectivity index (χ2n) is 2.56. The molecule has 13 heavy (non-hydrogen) atoms. The summed E-state index contributed by atoms with van der Waals surface area (Å²) < 4.78 is 8.10. The molecule has 0 radical (unpaired) electrons. The van der Waals surface area contributed by atoms with E-state index in [-0.39, 0.29) is 0 Å². The Balaban J connectivity index is 1.97. The Labute approximate surface area is 89.3 Å². The second kappa shape index (κ2) is 4.21. The molecular weight excluding hydrogens is 220 g/mol. The van der Waals surface area contributed by atoms with Crippen molar-refractivity contribution >= 4 is 34.8 Å². The van der Waals surface area contributed by atoms with Crippen molar-refractivity contribution in [3.63, 3.8) is 0 Å². The molecule has 0 aliphatic heterocycles. The van der Waals surface area contributed by atoms with Crippen LogP contribution in [-0.4, -0.2) is 8.75 Å². The molecule has 68 valence electrons. The molecule has 0 aliphatic rings. The van der Waals surface area contributed by atoms with Gasteiger partial charge in [0.25, 0.3) is 0 Å². The maximum absolute atomic E-state index is 4.14. The highest BCUT2D eigenvalue weighted by molar-refractivity contribution is 7.98. The van der Waals surface area contributed by atoms with Gasteiger partial charge in [-0.2, -0.15) is 8.75 Å². The summed E-state index contributed by atoms with van der Waals surface area (Å²) in [6.07, 6.45) is 1.82. The molecule has 0 unspecified atom stereocenters. The van der Waals surface area contributed by atoms with Crippen molar-refractivity contribution in [3.05, 3.63) is 28.1 Å². The van der Waals surface area contributed by atoms with E-state index < -0.39 is 0 Å². The molecule has 2 heterocycles. The van der Waals surface area contributed by atoms with Crippen LogP contribution in [-0.2, 0) is 5.75 Å². The summed E-state index contributed by atoms with van der Waals surface area (Å²) in [5, 5.41) is 3.16. The van der Waals surface area contributed by atoms with Gasteiger partial charge in [0, 0.05) is 10.6 Å². The maximum atomic E-state index is 4.14. The predicted molar refractivity (Wildman–Crippen MR) is 58.5 cm³/mol. The van der Waals surface area contributed by atoms with Crippen molar-refractivity contribution in [2.45, 2.75) is 17.7 Å². The minimum absolute atomic E-state index is 1.01. The molecule has 0 aromatic carbocycles. The Morgan fingerprint density at radius 1 is 1.54 bits per heavy atom. The highest BCUT2D eigenvalue weighted by Gasteiger charge is 2.02. The Bertz CT molecular complexity index is 366. The first-order valence-corrected chi connectivity index (χ1v) is 6.39. The van der Waals surface area contributed by atoms with Crippen molar-refractivity contribution in [2.24, 2.45) is 0 Å². The number of aromatic nitrogens is 2. The summed E-state index contributed by atoms with van der Waals surface area (Å²) in [6.45, 7) is 2.14. The minimum atomic E-state index is 1.01. The highest BCUT2D eigenvalue weighted by atomic mass is 32.2. The van der Waals surface area contributed by atoms with Gasteiger partial charge in [0.05, 0.1) is 17.9 Å². The molecule has 0 bridgehead atoms. The zero-order valence-electron chi connectivity index (χ0n) is 7.06. The lowest BCUT2D eigenvalue weighted by Gasteiger charge is -1.95. The van der Waals surface area contributed by atoms with E-state index in [1.807, 2.05) is 6.20 Å². The first-order valence-electron chi connectivity index (χ1n) is 3.79. The van der Waals surface area contributed by atoms with Gasteiger partial charge in [-0.3, -0.25) is 0 Å². The van der Waals surface area contributed by atoms with Crippen LogP contribution in [0.15, 0.2) is 22.7 Å². The zero-order valence-corrected chi connectivity index (χ0v) is 9.51. The third-order valence-corrected chi connectivity index (χ3v) is 4.39. The summed E-state index contributed by atoms with van der Waals surface area (Å²) in [6, 6.07) is 2.15. The summed E-state index contributed by atoms with van der Waals surface area (Å²) >= 11 is 4.82. The third-order valence-electron chi connectivity index (χ3n) is 1.66. The second-order valence-corrected chi connectivity index (χ2v) is 5.11. The fourth-order valence-corrected chi connectivity index (χ4v) is 3.38. The number of thioether (sulfide) groups is 1. The van der Waals surface area contributed by atoms with Gasteiger partial charge < -0.3 is 0 Å². The van der Waals surface area contributed by atoms with Crippen LogP contribution in [0.2, 0.25) is 0 Å². The van der Waals surface area contributed by atoms with Gasteiger partial charge in [0.15, 0.2) is 0 Å². The number of aryl methyl sites for hydroxylation is 1. The van der Waals surface area contributed by atoms with Crippen molar-refractivity contribution < 1.29 is 0 Å².